The first-order chi connectivity index (χ1) is 24.3. The molecule has 0 aliphatic carbocycles. The Morgan fingerprint density at radius 3 is 1.68 bits per heavy atom. The van der Waals surface area contributed by atoms with Crippen LogP contribution >= 0.6 is 7.82 Å². The van der Waals surface area contributed by atoms with E-state index in [9.17, 15) is 24.2 Å². The summed E-state index contributed by atoms with van der Waals surface area (Å²) in [5.74, 6) is -0.536. The first-order valence-electron chi connectivity index (χ1n) is 20.0. The number of allylic oxidation sites excluding steroid dienone is 6. The molecule has 0 aliphatic rings. The SMILES string of the molecule is CCCC/C=C\CCCCCCCC(=O)OCC(O)COP(=O)(O)OCCNC(=O)CCCCCCCCC/C=C\C/C=C\CCCCCC. The van der Waals surface area contributed by atoms with Crippen LogP contribution in [0.25, 0.3) is 0 Å². The van der Waals surface area contributed by atoms with E-state index in [1.54, 1.807) is 0 Å². The van der Waals surface area contributed by atoms with Crippen LogP contribution in [0, 0.1) is 0 Å². The van der Waals surface area contributed by atoms with E-state index in [1.807, 2.05) is 0 Å². The second-order valence-corrected chi connectivity index (χ2v) is 14.7. The number of nitrogens with one attached hydrogen (secondary N) is 1. The second kappa shape index (κ2) is 37.0. The number of phosphoric acid groups is 1. The zero-order chi connectivity index (χ0) is 36.8. The highest BCUT2D eigenvalue weighted by atomic mass is 31.2. The Bertz CT molecular complexity index is 923. The lowest BCUT2D eigenvalue weighted by atomic mass is 10.1. The van der Waals surface area contributed by atoms with E-state index in [0.717, 1.165) is 77.0 Å². The van der Waals surface area contributed by atoms with E-state index >= 15 is 0 Å². The Balaban J connectivity index is 3.63. The highest BCUT2D eigenvalue weighted by Crippen LogP contribution is 2.42. The van der Waals surface area contributed by atoms with Crippen molar-refractivity contribution in [3.63, 3.8) is 0 Å². The van der Waals surface area contributed by atoms with Crippen molar-refractivity contribution in [1.82, 2.24) is 5.32 Å². The molecule has 0 aromatic rings. The summed E-state index contributed by atoms with van der Waals surface area (Å²) >= 11 is 0. The molecule has 0 bridgehead atoms. The van der Waals surface area contributed by atoms with E-state index in [-0.39, 0.29) is 32.1 Å². The van der Waals surface area contributed by atoms with E-state index in [0.29, 0.717) is 6.42 Å². The summed E-state index contributed by atoms with van der Waals surface area (Å²) in [4.78, 5) is 33.8. The van der Waals surface area contributed by atoms with E-state index in [2.05, 4.69) is 55.6 Å². The van der Waals surface area contributed by atoms with Crippen molar-refractivity contribution >= 4 is 19.7 Å². The summed E-state index contributed by atoms with van der Waals surface area (Å²) in [6.45, 7) is 3.47. The van der Waals surface area contributed by atoms with Crippen LogP contribution in [0.15, 0.2) is 36.5 Å². The highest BCUT2D eigenvalue weighted by molar-refractivity contribution is 7.47. The molecule has 0 heterocycles. The lowest BCUT2D eigenvalue weighted by Crippen LogP contribution is -2.27. The molecule has 50 heavy (non-hydrogen) atoms. The monoisotopic (exact) mass is 728 g/mol. The smallest absolute Gasteiger partial charge is 0.463 e. The molecule has 292 valence electrons. The average Bonchev–Trinajstić information content (AvgIpc) is 3.10. The van der Waals surface area contributed by atoms with Crippen LogP contribution in [-0.4, -0.2) is 54.3 Å². The van der Waals surface area contributed by atoms with Crippen LogP contribution < -0.4 is 5.32 Å². The summed E-state index contributed by atoms with van der Waals surface area (Å²) < 4.78 is 26.8. The van der Waals surface area contributed by atoms with Gasteiger partial charge in [0, 0.05) is 19.4 Å². The molecular weight excluding hydrogens is 653 g/mol. The Kier molecular flexibility index (Phi) is 35.7. The van der Waals surface area contributed by atoms with Gasteiger partial charge in [0.2, 0.25) is 5.91 Å². The van der Waals surface area contributed by atoms with Crippen LogP contribution in [0.3, 0.4) is 0 Å². The third kappa shape index (κ3) is 37.5. The van der Waals surface area contributed by atoms with E-state index in [1.165, 1.54) is 70.6 Å². The van der Waals surface area contributed by atoms with Crippen molar-refractivity contribution in [3.05, 3.63) is 36.5 Å². The van der Waals surface area contributed by atoms with E-state index < -0.39 is 26.5 Å². The second-order valence-electron chi connectivity index (χ2n) is 13.2. The first kappa shape index (κ1) is 48.2. The summed E-state index contributed by atoms with van der Waals surface area (Å²) in [5, 5.41) is 12.6. The standard InChI is InChI=1S/C40H74NO8P/c1-3-5-7-9-11-13-15-16-17-18-19-20-21-23-24-26-28-30-32-39(43)41-34-35-48-50(45,46)49-37-38(42)36-47-40(44)33-31-29-27-25-22-14-12-10-8-6-4-2/h10,12-13,15,17-18,38,42H,3-9,11,14,16,19-37H2,1-2H3,(H,41,43)(H,45,46)/b12-10-,15-13-,18-17-. The van der Waals surface area contributed by atoms with Crippen LogP contribution in [0.5, 0.6) is 0 Å². The predicted molar refractivity (Wildman–Crippen MR) is 206 cm³/mol. The molecule has 9 nitrogen and oxygen atoms in total. The number of esters is 1. The number of unbranched alkanes of at least 4 members (excludes halogenated alkanes) is 18. The molecule has 2 unspecified atom stereocenters. The third-order valence-electron chi connectivity index (χ3n) is 8.29. The van der Waals surface area contributed by atoms with Gasteiger partial charge in [-0.3, -0.25) is 18.6 Å². The molecule has 0 aliphatic heterocycles. The molecule has 2 atom stereocenters. The lowest BCUT2D eigenvalue weighted by molar-refractivity contribution is -0.147. The minimum absolute atomic E-state index is 0.0762. The maximum absolute atomic E-state index is 12.1. The number of carbonyl (C=O) groups is 2. The van der Waals surface area contributed by atoms with Crippen molar-refractivity contribution in [2.24, 2.45) is 0 Å². The molecule has 0 rings (SSSR count). The van der Waals surface area contributed by atoms with Gasteiger partial charge >= 0.3 is 13.8 Å². The zero-order valence-corrected chi connectivity index (χ0v) is 32.7. The highest BCUT2D eigenvalue weighted by Gasteiger charge is 2.23. The molecular formula is C40H74NO8P. The van der Waals surface area contributed by atoms with Gasteiger partial charge in [0.1, 0.15) is 12.7 Å². The topological polar surface area (TPSA) is 131 Å². The van der Waals surface area contributed by atoms with Crippen LogP contribution in [-0.2, 0) is 27.9 Å². The van der Waals surface area contributed by atoms with Gasteiger partial charge in [-0.05, 0) is 64.2 Å². The fourth-order valence-electron chi connectivity index (χ4n) is 5.21. The van der Waals surface area contributed by atoms with Gasteiger partial charge in [-0.1, -0.05) is 134 Å². The number of ether oxygens (including phenoxy) is 1. The van der Waals surface area contributed by atoms with Crippen molar-refractivity contribution in [2.75, 3.05) is 26.4 Å². The number of amides is 1. The zero-order valence-electron chi connectivity index (χ0n) is 31.8. The maximum atomic E-state index is 12.1. The number of phosphoric ester groups is 1. The quantitative estimate of drug-likeness (QED) is 0.0249. The largest absolute Gasteiger partial charge is 0.472 e. The van der Waals surface area contributed by atoms with Gasteiger partial charge in [-0.25, -0.2) is 4.57 Å². The van der Waals surface area contributed by atoms with Gasteiger partial charge in [-0.15, -0.1) is 0 Å². The Labute approximate surface area is 305 Å². The van der Waals surface area contributed by atoms with Gasteiger partial charge in [0.05, 0.1) is 13.2 Å². The normalized spacial score (nSPS) is 13.8. The number of rotatable bonds is 37. The lowest BCUT2D eigenvalue weighted by Gasteiger charge is -2.15. The average molecular weight is 728 g/mol. The van der Waals surface area contributed by atoms with Gasteiger partial charge < -0.3 is 20.1 Å². The van der Waals surface area contributed by atoms with Gasteiger partial charge in [-0.2, -0.15) is 0 Å². The van der Waals surface area contributed by atoms with Crippen molar-refractivity contribution < 1.29 is 37.9 Å². The summed E-state index contributed by atoms with van der Waals surface area (Å²) in [6, 6.07) is 0. The molecule has 3 N–H and O–H groups in total. The molecule has 0 fully saturated rings. The summed E-state index contributed by atoms with van der Waals surface area (Å²) in [6.07, 6.45) is 39.3. The number of aliphatic hydroxyl groups excluding tert-OH is 1. The molecule has 0 spiro atoms. The number of hydrogen-bond donors (Lipinski definition) is 3. The maximum Gasteiger partial charge on any atom is 0.472 e. The summed E-state index contributed by atoms with van der Waals surface area (Å²) in [7, 11) is -4.41. The van der Waals surface area contributed by atoms with Crippen LogP contribution in [0.1, 0.15) is 174 Å². The van der Waals surface area contributed by atoms with Crippen molar-refractivity contribution in [1.29, 1.82) is 0 Å². The molecule has 0 aromatic carbocycles. The third-order valence-corrected chi connectivity index (χ3v) is 9.28. The Morgan fingerprint density at radius 1 is 0.620 bits per heavy atom. The van der Waals surface area contributed by atoms with Gasteiger partial charge in [0.15, 0.2) is 0 Å². The fourth-order valence-corrected chi connectivity index (χ4v) is 5.97. The number of hydrogen-bond acceptors (Lipinski definition) is 7. The fraction of sp³-hybridized carbons (Fsp3) is 0.800. The Hall–Kier alpha value is -1.77. The van der Waals surface area contributed by atoms with Crippen LogP contribution in [0.4, 0.5) is 0 Å². The minimum atomic E-state index is -4.41. The Morgan fingerprint density at radius 2 is 1.10 bits per heavy atom. The molecule has 0 radical (unpaired) electrons. The summed E-state index contributed by atoms with van der Waals surface area (Å²) in [5.41, 5.74) is 0. The molecule has 10 heteroatoms. The first-order valence-corrected chi connectivity index (χ1v) is 21.5. The van der Waals surface area contributed by atoms with Crippen LogP contribution in [0.2, 0.25) is 0 Å². The molecule has 0 aromatic heterocycles. The van der Waals surface area contributed by atoms with E-state index in [4.69, 9.17) is 13.8 Å². The van der Waals surface area contributed by atoms with Gasteiger partial charge in [0.25, 0.3) is 0 Å². The minimum Gasteiger partial charge on any atom is -0.463 e. The van der Waals surface area contributed by atoms with Crippen molar-refractivity contribution in [3.8, 4) is 0 Å². The predicted octanol–water partition coefficient (Wildman–Crippen LogP) is 10.6. The number of carbonyl (C=O) groups excluding carboxylic acids is 2. The number of aliphatic hydroxyl groups is 1. The van der Waals surface area contributed by atoms with Crippen molar-refractivity contribution in [2.45, 2.75) is 180 Å². The molecule has 1 amide bonds. The molecule has 0 saturated carbocycles. The molecule has 0 saturated heterocycles.